The van der Waals surface area contributed by atoms with Gasteiger partial charge >= 0.3 is 5.97 Å². The molecule has 3 rings (SSSR count). The summed E-state index contributed by atoms with van der Waals surface area (Å²) in [5.74, 6) is -2.12. The lowest BCUT2D eigenvalue weighted by molar-refractivity contribution is -0.384. The number of allylic oxidation sites excluding steroid dienone is 2. The molecule has 2 aromatic rings. The van der Waals surface area contributed by atoms with Crippen molar-refractivity contribution in [2.24, 2.45) is 0 Å². The topological polar surface area (TPSA) is 122 Å². The highest BCUT2D eigenvalue weighted by molar-refractivity contribution is 6.03. The Labute approximate surface area is 203 Å². The van der Waals surface area contributed by atoms with Crippen LogP contribution < -0.4 is 5.32 Å². The Morgan fingerprint density at radius 3 is 2.43 bits per heavy atom. The number of non-ortho nitro benzene ring substituents is 1. The number of carbonyl (C=O) groups is 2. The van der Waals surface area contributed by atoms with Gasteiger partial charge in [0.25, 0.3) is 5.69 Å². The van der Waals surface area contributed by atoms with Crippen molar-refractivity contribution in [1.82, 2.24) is 10.2 Å². The van der Waals surface area contributed by atoms with Crippen LogP contribution in [-0.4, -0.2) is 53.5 Å². The van der Waals surface area contributed by atoms with E-state index in [9.17, 15) is 24.8 Å². The number of rotatable bonds is 10. The number of aliphatic hydroxyl groups excluding tert-OH is 1. The average Bonchev–Trinajstić information content (AvgIpc) is 2.83. The van der Waals surface area contributed by atoms with E-state index in [0.717, 1.165) is 5.56 Å². The fraction of sp³-hybridized carbons (Fsp3) is 0.308. The number of ketones is 1. The molecule has 0 aliphatic carbocycles. The van der Waals surface area contributed by atoms with Gasteiger partial charge in [0.2, 0.25) is 0 Å². The number of hydrogen-bond acceptors (Lipinski definition) is 8. The summed E-state index contributed by atoms with van der Waals surface area (Å²) in [4.78, 5) is 38.8. The Hall–Kier alpha value is -3.82. The van der Waals surface area contributed by atoms with Crippen molar-refractivity contribution in [2.75, 3.05) is 26.8 Å². The summed E-state index contributed by atoms with van der Waals surface area (Å²) >= 11 is 0. The third-order valence-electron chi connectivity index (χ3n) is 5.84. The number of nitrogens with one attached hydrogen (secondary N) is 1. The molecule has 1 aliphatic heterocycles. The molecular weight excluding hydrogens is 450 g/mol. The van der Waals surface area contributed by atoms with E-state index in [1.54, 1.807) is 19.9 Å². The highest BCUT2D eigenvalue weighted by Gasteiger charge is 2.37. The maximum absolute atomic E-state index is 13.2. The molecule has 1 aliphatic rings. The third-order valence-corrected chi connectivity index (χ3v) is 5.84. The lowest BCUT2D eigenvalue weighted by Gasteiger charge is -2.30. The van der Waals surface area contributed by atoms with Gasteiger partial charge in [0.15, 0.2) is 5.78 Å². The Morgan fingerprint density at radius 1 is 1.09 bits per heavy atom. The number of dihydropyridines is 1. The van der Waals surface area contributed by atoms with Crippen LogP contribution in [0.3, 0.4) is 0 Å². The first-order valence-electron chi connectivity index (χ1n) is 11.2. The van der Waals surface area contributed by atoms with Gasteiger partial charge in [0.05, 0.1) is 10.5 Å². The number of hydrogen-bond donors (Lipinski definition) is 2. The second kappa shape index (κ2) is 11.5. The standard InChI is InChI=1S/C26H29N3O6/c1-17-23(22(31)16-30)25(20-10-7-11-21(14-20)29(33)34)24(18(2)27-17)26(32)35-13-12-28(3)15-19-8-5-4-6-9-19/h4-11,14,25,27,30H,12-13,15-16H2,1-3H3. The number of esters is 1. The second-order valence-corrected chi connectivity index (χ2v) is 8.43. The summed E-state index contributed by atoms with van der Waals surface area (Å²) in [6.45, 7) is 3.88. The van der Waals surface area contributed by atoms with Crippen LogP contribution in [0.4, 0.5) is 5.69 Å². The molecular formula is C26H29N3O6. The SMILES string of the molecule is CC1=C(C(=O)CO)C(c2cccc([N+](=O)[O-])c2)C(C(=O)OCCN(C)Cc2ccccc2)=C(C)N1. The molecule has 9 heteroatoms. The van der Waals surface area contributed by atoms with Gasteiger partial charge < -0.3 is 15.2 Å². The minimum atomic E-state index is -0.912. The van der Waals surface area contributed by atoms with Gasteiger partial charge in [-0.05, 0) is 32.0 Å². The number of nitro benzene ring substituents is 1. The van der Waals surface area contributed by atoms with Crippen LogP contribution in [0.5, 0.6) is 0 Å². The number of nitrogens with zero attached hydrogens (tertiary/aromatic N) is 2. The number of nitro groups is 1. The normalized spacial score (nSPS) is 15.7. The maximum atomic E-state index is 13.2. The van der Waals surface area contributed by atoms with Crippen molar-refractivity contribution in [3.05, 3.63) is 98.4 Å². The van der Waals surface area contributed by atoms with Crippen LogP contribution in [-0.2, 0) is 20.9 Å². The highest BCUT2D eigenvalue weighted by atomic mass is 16.6. The number of Topliss-reactive ketones (excluding diaryl/α,β-unsaturated/α-hetero) is 1. The van der Waals surface area contributed by atoms with E-state index in [4.69, 9.17) is 4.74 Å². The number of likely N-dealkylation sites (N-methyl/N-ethyl adjacent to an activating group) is 1. The van der Waals surface area contributed by atoms with Crippen molar-refractivity contribution >= 4 is 17.4 Å². The van der Waals surface area contributed by atoms with E-state index in [1.165, 1.54) is 18.2 Å². The van der Waals surface area contributed by atoms with E-state index < -0.39 is 29.2 Å². The van der Waals surface area contributed by atoms with Gasteiger partial charge in [0, 0.05) is 48.1 Å². The largest absolute Gasteiger partial charge is 0.461 e. The van der Waals surface area contributed by atoms with Gasteiger partial charge in [-0.3, -0.25) is 19.8 Å². The molecule has 9 nitrogen and oxygen atoms in total. The zero-order valence-corrected chi connectivity index (χ0v) is 20.0. The maximum Gasteiger partial charge on any atom is 0.336 e. The number of benzene rings is 2. The molecule has 1 unspecified atom stereocenters. The van der Waals surface area contributed by atoms with Crippen LogP contribution in [0.25, 0.3) is 0 Å². The predicted molar refractivity (Wildman–Crippen MR) is 130 cm³/mol. The van der Waals surface area contributed by atoms with Gasteiger partial charge in [-0.15, -0.1) is 0 Å². The number of ether oxygens (including phenoxy) is 1. The monoisotopic (exact) mass is 479 g/mol. The van der Waals surface area contributed by atoms with Crippen LogP contribution in [0, 0.1) is 10.1 Å². The van der Waals surface area contributed by atoms with E-state index in [2.05, 4.69) is 5.32 Å². The minimum absolute atomic E-state index is 0.118. The van der Waals surface area contributed by atoms with Crippen molar-refractivity contribution in [3.63, 3.8) is 0 Å². The number of aliphatic hydroxyl groups is 1. The van der Waals surface area contributed by atoms with Crippen molar-refractivity contribution in [3.8, 4) is 0 Å². The first kappa shape index (κ1) is 25.8. The van der Waals surface area contributed by atoms with Crippen LogP contribution in [0.2, 0.25) is 0 Å². The third kappa shape index (κ3) is 6.20. The Morgan fingerprint density at radius 2 is 1.77 bits per heavy atom. The zero-order chi connectivity index (χ0) is 25.5. The second-order valence-electron chi connectivity index (χ2n) is 8.43. The summed E-state index contributed by atoms with van der Waals surface area (Å²) in [5, 5.41) is 23.9. The molecule has 2 N–H and O–H groups in total. The molecule has 2 aromatic carbocycles. The van der Waals surface area contributed by atoms with E-state index in [0.29, 0.717) is 30.0 Å². The fourth-order valence-electron chi connectivity index (χ4n) is 4.22. The van der Waals surface area contributed by atoms with Gasteiger partial charge in [-0.2, -0.15) is 0 Å². The molecule has 0 radical (unpaired) electrons. The lowest BCUT2D eigenvalue weighted by Crippen LogP contribution is -2.33. The van der Waals surface area contributed by atoms with Gasteiger partial charge in [-0.25, -0.2) is 4.79 Å². The molecule has 0 saturated heterocycles. The molecule has 1 atom stereocenters. The average molecular weight is 480 g/mol. The van der Waals surface area contributed by atoms with Crippen LogP contribution >= 0.6 is 0 Å². The first-order chi connectivity index (χ1) is 16.7. The molecule has 0 aromatic heterocycles. The van der Waals surface area contributed by atoms with E-state index in [1.807, 2.05) is 42.3 Å². The number of carbonyl (C=O) groups excluding carboxylic acids is 2. The predicted octanol–water partition coefficient (Wildman–Crippen LogP) is 3.07. The quantitative estimate of drug-likeness (QED) is 0.303. The van der Waals surface area contributed by atoms with E-state index >= 15 is 0 Å². The molecule has 0 fully saturated rings. The first-order valence-corrected chi connectivity index (χ1v) is 11.2. The van der Waals surface area contributed by atoms with Gasteiger partial charge in [-0.1, -0.05) is 42.5 Å². The fourth-order valence-corrected chi connectivity index (χ4v) is 4.22. The molecule has 35 heavy (non-hydrogen) atoms. The minimum Gasteiger partial charge on any atom is -0.461 e. The Bertz CT molecular complexity index is 1170. The smallest absolute Gasteiger partial charge is 0.336 e. The summed E-state index contributed by atoms with van der Waals surface area (Å²) in [6, 6.07) is 15.7. The van der Waals surface area contributed by atoms with Crippen LogP contribution in [0.1, 0.15) is 30.9 Å². The van der Waals surface area contributed by atoms with Crippen LogP contribution in [0.15, 0.2) is 77.1 Å². The molecule has 0 spiro atoms. The van der Waals surface area contributed by atoms with Crippen molar-refractivity contribution in [2.45, 2.75) is 26.3 Å². The summed E-state index contributed by atoms with van der Waals surface area (Å²) in [6.07, 6.45) is 0. The van der Waals surface area contributed by atoms with Crippen molar-refractivity contribution < 1.29 is 24.4 Å². The molecule has 0 saturated carbocycles. The zero-order valence-electron chi connectivity index (χ0n) is 20.0. The molecule has 0 bridgehead atoms. The summed E-state index contributed by atoms with van der Waals surface area (Å²) in [5.41, 5.74) is 2.67. The Balaban J connectivity index is 1.84. The Kier molecular flexibility index (Phi) is 8.51. The van der Waals surface area contributed by atoms with Crippen molar-refractivity contribution in [1.29, 1.82) is 0 Å². The summed E-state index contributed by atoms with van der Waals surface area (Å²) in [7, 11) is 1.92. The van der Waals surface area contributed by atoms with Gasteiger partial charge in [0.1, 0.15) is 13.2 Å². The van der Waals surface area contributed by atoms with E-state index in [-0.39, 0.29) is 23.4 Å². The molecule has 184 valence electrons. The lowest BCUT2D eigenvalue weighted by atomic mass is 9.78. The summed E-state index contributed by atoms with van der Waals surface area (Å²) < 4.78 is 5.58. The highest BCUT2D eigenvalue weighted by Crippen LogP contribution is 2.39. The molecule has 0 amide bonds. The molecule has 1 heterocycles.